The third kappa shape index (κ3) is 3.13. The van der Waals surface area contributed by atoms with Gasteiger partial charge in [0.25, 0.3) is 5.56 Å². The van der Waals surface area contributed by atoms with Crippen LogP contribution >= 0.6 is 0 Å². The smallest absolute Gasteiger partial charge is 0.406 e. The topological polar surface area (TPSA) is 66.9 Å². The number of pyridine rings is 1. The molecule has 0 N–H and O–H groups in total. The molecule has 0 spiro atoms. The minimum Gasteiger partial charge on any atom is -0.406 e. The SMILES string of the molecule is Cn1cc(-c2cn(-c3ccc(OC(F)(F)F)cc3)c(=O)c3c2ncn3C)cn1. The molecule has 0 fully saturated rings. The maximum Gasteiger partial charge on any atom is 0.573 e. The molecule has 1 aromatic carbocycles. The molecule has 0 aliphatic rings. The minimum absolute atomic E-state index is 0.341. The van der Waals surface area contributed by atoms with E-state index < -0.39 is 6.36 Å². The van der Waals surface area contributed by atoms with Crippen LogP contribution in [0.4, 0.5) is 13.2 Å². The number of alkyl halides is 3. The van der Waals surface area contributed by atoms with Gasteiger partial charge in [0.2, 0.25) is 0 Å². The van der Waals surface area contributed by atoms with Crippen molar-refractivity contribution in [1.82, 2.24) is 23.9 Å². The number of rotatable bonds is 3. The molecule has 0 saturated carbocycles. The molecule has 0 saturated heterocycles. The molecule has 144 valence electrons. The van der Waals surface area contributed by atoms with E-state index in [1.165, 1.54) is 23.0 Å². The Labute approximate surface area is 156 Å². The molecule has 7 nitrogen and oxygen atoms in total. The van der Waals surface area contributed by atoms with Crippen molar-refractivity contribution in [3.05, 3.63) is 59.5 Å². The first-order valence-corrected chi connectivity index (χ1v) is 8.15. The molecule has 28 heavy (non-hydrogen) atoms. The van der Waals surface area contributed by atoms with Crippen LogP contribution in [0.2, 0.25) is 0 Å². The van der Waals surface area contributed by atoms with Gasteiger partial charge in [0.1, 0.15) is 16.8 Å². The highest BCUT2D eigenvalue weighted by Crippen LogP contribution is 2.27. The van der Waals surface area contributed by atoms with E-state index in [-0.39, 0.29) is 11.3 Å². The molecular formula is C18H14F3N5O2. The summed E-state index contributed by atoms with van der Waals surface area (Å²) in [7, 11) is 3.48. The second kappa shape index (κ2) is 6.25. The second-order valence-corrected chi connectivity index (χ2v) is 6.22. The van der Waals surface area contributed by atoms with Gasteiger partial charge in [0.15, 0.2) is 0 Å². The van der Waals surface area contributed by atoms with Crippen molar-refractivity contribution < 1.29 is 17.9 Å². The molecule has 0 aliphatic heterocycles. The molecule has 3 aromatic heterocycles. The van der Waals surface area contributed by atoms with Crippen LogP contribution in [0.1, 0.15) is 0 Å². The molecule has 0 unspecified atom stereocenters. The standard InChI is InChI=1S/C18H14F3N5O2/c1-24-10-22-15-14(11-7-23-25(2)8-11)9-26(17(27)16(15)24)12-3-5-13(6-4-12)28-18(19,20)21/h3-10H,1-2H3. The van der Waals surface area contributed by atoms with E-state index in [1.807, 2.05) is 0 Å². The third-order valence-electron chi connectivity index (χ3n) is 4.24. The maximum atomic E-state index is 13.0. The Bertz CT molecular complexity index is 1220. The molecule has 0 bridgehead atoms. The van der Waals surface area contributed by atoms with Crippen molar-refractivity contribution in [3.8, 4) is 22.6 Å². The summed E-state index contributed by atoms with van der Waals surface area (Å²) >= 11 is 0. The van der Waals surface area contributed by atoms with Gasteiger partial charge in [-0.15, -0.1) is 13.2 Å². The Hall–Kier alpha value is -3.56. The quantitative estimate of drug-likeness (QED) is 0.540. The van der Waals surface area contributed by atoms with Gasteiger partial charge in [-0.25, -0.2) is 4.98 Å². The second-order valence-electron chi connectivity index (χ2n) is 6.22. The molecule has 4 rings (SSSR count). The summed E-state index contributed by atoms with van der Waals surface area (Å²) in [6.07, 6.45) is 1.81. The van der Waals surface area contributed by atoms with Crippen molar-refractivity contribution in [1.29, 1.82) is 0 Å². The van der Waals surface area contributed by atoms with E-state index in [0.29, 0.717) is 22.3 Å². The number of hydrogen-bond acceptors (Lipinski definition) is 4. The van der Waals surface area contributed by atoms with Gasteiger partial charge in [-0.2, -0.15) is 5.10 Å². The number of aromatic nitrogens is 5. The molecular weight excluding hydrogens is 375 g/mol. The summed E-state index contributed by atoms with van der Waals surface area (Å²) in [5.74, 6) is -0.363. The van der Waals surface area contributed by atoms with Crippen molar-refractivity contribution in [3.63, 3.8) is 0 Å². The lowest BCUT2D eigenvalue weighted by Crippen LogP contribution is -2.20. The van der Waals surface area contributed by atoms with Gasteiger partial charge in [-0.1, -0.05) is 0 Å². The van der Waals surface area contributed by atoms with E-state index in [1.54, 1.807) is 41.9 Å². The van der Waals surface area contributed by atoms with Crippen LogP contribution in [0.25, 0.3) is 27.8 Å². The van der Waals surface area contributed by atoms with Crippen molar-refractivity contribution in [2.45, 2.75) is 6.36 Å². The number of halogens is 3. The molecule has 10 heteroatoms. The van der Waals surface area contributed by atoms with Crippen LogP contribution in [0, 0.1) is 0 Å². The number of fused-ring (bicyclic) bond motifs is 1. The summed E-state index contributed by atoms with van der Waals surface area (Å²) in [4.78, 5) is 17.3. The number of hydrogen-bond donors (Lipinski definition) is 0. The molecule has 0 radical (unpaired) electrons. The fraction of sp³-hybridized carbons (Fsp3) is 0.167. The summed E-state index contributed by atoms with van der Waals surface area (Å²) in [6, 6.07) is 5.09. The third-order valence-corrected chi connectivity index (χ3v) is 4.24. The predicted molar refractivity (Wildman–Crippen MR) is 95.2 cm³/mol. The first-order chi connectivity index (χ1) is 13.2. The highest BCUT2D eigenvalue weighted by atomic mass is 19.4. The highest BCUT2D eigenvalue weighted by molar-refractivity contribution is 5.91. The van der Waals surface area contributed by atoms with E-state index in [4.69, 9.17) is 0 Å². The Morgan fingerprint density at radius 2 is 1.79 bits per heavy atom. The van der Waals surface area contributed by atoms with Crippen LogP contribution < -0.4 is 10.3 Å². The van der Waals surface area contributed by atoms with Gasteiger partial charge in [0.05, 0.1) is 12.5 Å². The number of aryl methyl sites for hydroxylation is 2. The van der Waals surface area contributed by atoms with Crippen molar-refractivity contribution >= 4 is 11.0 Å². The normalized spacial score (nSPS) is 11.9. The summed E-state index contributed by atoms with van der Waals surface area (Å²) in [6.45, 7) is 0. The van der Waals surface area contributed by atoms with Crippen molar-refractivity contribution in [2.24, 2.45) is 14.1 Å². The minimum atomic E-state index is -4.78. The Morgan fingerprint density at radius 1 is 1.07 bits per heavy atom. The fourth-order valence-electron chi connectivity index (χ4n) is 3.01. The van der Waals surface area contributed by atoms with Gasteiger partial charge in [-0.3, -0.25) is 14.0 Å². The fourth-order valence-corrected chi connectivity index (χ4v) is 3.01. The molecule has 0 aliphatic carbocycles. The van der Waals surface area contributed by atoms with Crippen LogP contribution in [0.3, 0.4) is 0 Å². The van der Waals surface area contributed by atoms with Gasteiger partial charge in [0, 0.05) is 43.3 Å². The van der Waals surface area contributed by atoms with E-state index in [9.17, 15) is 18.0 Å². The summed E-state index contributed by atoms with van der Waals surface area (Å²) < 4.78 is 45.6. The van der Waals surface area contributed by atoms with Crippen molar-refractivity contribution in [2.75, 3.05) is 0 Å². The monoisotopic (exact) mass is 389 g/mol. The van der Waals surface area contributed by atoms with E-state index in [2.05, 4.69) is 14.8 Å². The number of nitrogens with zero attached hydrogens (tertiary/aromatic N) is 5. The summed E-state index contributed by atoms with van der Waals surface area (Å²) in [5.41, 5.74) is 2.39. The van der Waals surface area contributed by atoms with Gasteiger partial charge in [-0.05, 0) is 24.3 Å². The molecule has 0 atom stereocenters. The lowest BCUT2D eigenvalue weighted by atomic mass is 10.1. The average molecular weight is 389 g/mol. The van der Waals surface area contributed by atoms with Gasteiger partial charge >= 0.3 is 6.36 Å². The largest absolute Gasteiger partial charge is 0.573 e. The Kier molecular flexibility index (Phi) is 3.98. The van der Waals surface area contributed by atoms with Crippen LogP contribution in [0.5, 0.6) is 5.75 Å². The van der Waals surface area contributed by atoms with E-state index in [0.717, 1.165) is 17.7 Å². The lowest BCUT2D eigenvalue weighted by Gasteiger charge is -2.12. The molecule has 3 heterocycles. The average Bonchev–Trinajstić information content (AvgIpc) is 3.22. The zero-order valence-electron chi connectivity index (χ0n) is 14.8. The van der Waals surface area contributed by atoms with Crippen LogP contribution in [-0.2, 0) is 14.1 Å². The summed E-state index contributed by atoms with van der Waals surface area (Å²) in [5, 5.41) is 4.15. The first-order valence-electron chi connectivity index (χ1n) is 8.15. The zero-order chi connectivity index (χ0) is 20.1. The zero-order valence-corrected chi connectivity index (χ0v) is 14.8. The highest BCUT2D eigenvalue weighted by Gasteiger charge is 2.31. The van der Waals surface area contributed by atoms with Crippen LogP contribution in [-0.4, -0.2) is 30.3 Å². The number of ether oxygens (including phenoxy) is 1. The lowest BCUT2D eigenvalue weighted by molar-refractivity contribution is -0.274. The Morgan fingerprint density at radius 3 is 2.39 bits per heavy atom. The van der Waals surface area contributed by atoms with E-state index >= 15 is 0 Å². The van der Waals surface area contributed by atoms with Crippen LogP contribution in [0.15, 0.2) is 54.0 Å². The maximum absolute atomic E-state index is 13.0. The first kappa shape index (κ1) is 17.8. The number of imidazole rings is 1. The van der Waals surface area contributed by atoms with Gasteiger partial charge < -0.3 is 9.30 Å². The molecule has 4 aromatic rings. The Balaban J connectivity index is 1.89. The molecule has 0 amide bonds. The predicted octanol–water partition coefficient (Wildman–Crippen LogP) is 3.02. The number of benzene rings is 1.